The lowest BCUT2D eigenvalue weighted by molar-refractivity contribution is -0.122. The predicted molar refractivity (Wildman–Crippen MR) is 135 cm³/mol. The van der Waals surface area contributed by atoms with Gasteiger partial charge >= 0.3 is 0 Å². The summed E-state index contributed by atoms with van der Waals surface area (Å²) in [5.41, 5.74) is 0.824. The van der Waals surface area contributed by atoms with Crippen molar-refractivity contribution in [3.05, 3.63) is 118 Å². The summed E-state index contributed by atoms with van der Waals surface area (Å²) in [7, 11) is 0. The van der Waals surface area contributed by atoms with Crippen molar-refractivity contribution in [3.8, 4) is 5.69 Å². The summed E-state index contributed by atoms with van der Waals surface area (Å²) in [5.74, 6) is -2.94. The van der Waals surface area contributed by atoms with Crippen LogP contribution >= 0.6 is 11.6 Å². The topological polar surface area (TPSA) is 93.1 Å². The van der Waals surface area contributed by atoms with Gasteiger partial charge in [-0.3, -0.25) is 19.0 Å². The van der Waals surface area contributed by atoms with Gasteiger partial charge in [0.25, 0.3) is 5.56 Å². The lowest BCUT2D eigenvalue weighted by Crippen LogP contribution is -2.21. The molecule has 2 N–H and O–H groups in total. The summed E-state index contributed by atoms with van der Waals surface area (Å²) >= 11 is 5.86. The molecule has 2 aromatic heterocycles. The fraction of sp³-hybridized carbons (Fsp3) is 0.111. The quantitative estimate of drug-likeness (QED) is 0.402. The van der Waals surface area contributed by atoms with E-state index in [9.17, 15) is 18.8 Å². The van der Waals surface area contributed by atoms with Gasteiger partial charge in [-0.05, 0) is 35.9 Å². The number of hydrogen-bond acceptors (Lipinski definition) is 4. The van der Waals surface area contributed by atoms with E-state index in [1.54, 1.807) is 24.3 Å². The SMILES string of the molecule is O=C(Nc1ccc(-n2ccccc2=O)cc1F)[C@@H]1C(c2ccccc2)[C@@H]1C(=O)Nc1ccc(Cl)cn1. The van der Waals surface area contributed by atoms with E-state index in [1.807, 2.05) is 30.3 Å². The highest BCUT2D eigenvalue weighted by molar-refractivity contribution is 6.30. The first-order valence-electron chi connectivity index (χ1n) is 11.2. The number of nitrogens with one attached hydrogen (secondary N) is 2. The summed E-state index contributed by atoms with van der Waals surface area (Å²) in [6.07, 6.45) is 2.95. The molecule has 4 aromatic rings. The second kappa shape index (κ2) is 9.75. The zero-order valence-corrected chi connectivity index (χ0v) is 19.5. The minimum absolute atomic E-state index is 0.0371. The number of anilines is 2. The third-order valence-electron chi connectivity index (χ3n) is 6.10. The van der Waals surface area contributed by atoms with Crippen molar-refractivity contribution < 1.29 is 14.0 Å². The van der Waals surface area contributed by atoms with Crippen LogP contribution in [0.4, 0.5) is 15.9 Å². The molecule has 0 spiro atoms. The average Bonchev–Trinajstić information content (AvgIpc) is 3.64. The van der Waals surface area contributed by atoms with Crippen LogP contribution in [0.2, 0.25) is 5.02 Å². The molecule has 9 heteroatoms. The molecule has 1 saturated carbocycles. The molecule has 3 atom stereocenters. The Hall–Kier alpha value is -4.30. The lowest BCUT2D eigenvalue weighted by atomic mass is 10.1. The number of pyridine rings is 2. The molecule has 5 rings (SSSR count). The van der Waals surface area contributed by atoms with E-state index >= 15 is 0 Å². The molecule has 0 radical (unpaired) electrons. The van der Waals surface area contributed by atoms with Crippen molar-refractivity contribution in [2.75, 3.05) is 10.6 Å². The largest absolute Gasteiger partial charge is 0.323 e. The van der Waals surface area contributed by atoms with E-state index in [1.165, 1.54) is 41.2 Å². The first-order chi connectivity index (χ1) is 17.4. The molecular weight excluding hydrogens is 483 g/mol. The highest BCUT2D eigenvalue weighted by atomic mass is 35.5. The fourth-order valence-corrected chi connectivity index (χ4v) is 4.44. The van der Waals surface area contributed by atoms with Gasteiger partial charge in [0.05, 0.1) is 28.2 Å². The van der Waals surface area contributed by atoms with Crippen molar-refractivity contribution in [3.63, 3.8) is 0 Å². The highest BCUT2D eigenvalue weighted by Crippen LogP contribution is 2.55. The van der Waals surface area contributed by atoms with Gasteiger partial charge in [0.15, 0.2) is 0 Å². The van der Waals surface area contributed by atoms with Crippen LogP contribution in [0.5, 0.6) is 0 Å². The van der Waals surface area contributed by atoms with E-state index in [0.29, 0.717) is 16.5 Å². The number of amides is 2. The summed E-state index contributed by atoms with van der Waals surface area (Å²) in [5, 5.41) is 5.77. The smallest absolute Gasteiger partial charge is 0.255 e. The monoisotopic (exact) mass is 502 g/mol. The molecular formula is C27H20ClFN4O3. The van der Waals surface area contributed by atoms with Crippen LogP contribution in [-0.2, 0) is 9.59 Å². The number of halogens is 2. The Labute approximate surface area is 210 Å². The van der Waals surface area contributed by atoms with E-state index < -0.39 is 23.6 Å². The van der Waals surface area contributed by atoms with E-state index in [2.05, 4.69) is 15.6 Å². The lowest BCUT2D eigenvalue weighted by Gasteiger charge is -2.10. The molecule has 7 nitrogen and oxygen atoms in total. The van der Waals surface area contributed by atoms with Crippen molar-refractivity contribution in [2.24, 2.45) is 11.8 Å². The maximum absolute atomic E-state index is 14.9. The Bertz CT molecular complexity index is 1490. The van der Waals surface area contributed by atoms with Crippen LogP contribution in [-0.4, -0.2) is 21.4 Å². The highest BCUT2D eigenvalue weighted by Gasteiger charge is 2.59. The number of aromatic nitrogens is 2. The van der Waals surface area contributed by atoms with Crippen molar-refractivity contribution in [2.45, 2.75) is 5.92 Å². The number of rotatable bonds is 6. The van der Waals surface area contributed by atoms with Crippen LogP contribution < -0.4 is 16.2 Å². The fourth-order valence-electron chi connectivity index (χ4n) is 4.32. The average molecular weight is 503 g/mol. The Morgan fingerprint density at radius 2 is 1.61 bits per heavy atom. The Kier molecular flexibility index (Phi) is 6.35. The molecule has 1 aliphatic rings. The third-order valence-corrected chi connectivity index (χ3v) is 6.32. The third kappa shape index (κ3) is 4.76. The van der Waals surface area contributed by atoms with Crippen LogP contribution in [0.1, 0.15) is 11.5 Å². The number of hydrogen-bond donors (Lipinski definition) is 2. The summed E-state index contributed by atoms with van der Waals surface area (Å²) < 4.78 is 16.2. The van der Waals surface area contributed by atoms with Crippen LogP contribution in [0.25, 0.3) is 5.69 Å². The van der Waals surface area contributed by atoms with Gasteiger partial charge in [0, 0.05) is 30.4 Å². The normalized spacial score (nSPS) is 18.3. The molecule has 36 heavy (non-hydrogen) atoms. The number of benzene rings is 2. The molecule has 1 fully saturated rings. The van der Waals surface area contributed by atoms with Crippen LogP contribution in [0.15, 0.2) is 96.1 Å². The van der Waals surface area contributed by atoms with Gasteiger partial charge in [-0.15, -0.1) is 0 Å². The Balaban J connectivity index is 1.36. The molecule has 180 valence electrons. The van der Waals surface area contributed by atoms with E-state index in [-0.39, 0.29) is 23.1 Å². The van der Waals surface area contributed by atoms with E-state index in [4.69, 9.17) is 11.6 Å². The molecule has 2 amide bonds. The van der Waals surface area contributed by atoms with Crippen molar-refractivity contribution in [1.82, 2.24) is 9.55 Å². The van der Waals surface area contributed by atoms with Gasteiger partial charge in [0.1, 0.15) is 11.6 Å². The maximum atomic E-state index is 14.9. The maximum Gasteiger partial charge on any atom is 0.255 e. The minimum Gasteiger partial charge on any atom is -0.323 e. The molecule has 0 aliphatic heterocycles. The second-order valence-electron chi connectivity index (χ2n) is 8.40. The summed E-state index contributed by atoms with van der Waals surface area (Å²) in [6, 6.07) is 21.1. The first kappa shape index (κ1) is 23.4. The minimum atomic E-state index is -0.699. The first-order valence-corrected chi connectivity index (χ1v) is 11.6. The Morgan fingerprint density at radius 1 is 0.889 bits per heavy atom. The van der Waals surface area contributed by atoms with Gasteiger partial charge in [-0.2, -0.15) is 0 Å². The van der Waals surface area contributed by atoms with Gasteiger partial charge < -0.3 is 10.6 Å². The molecule has 2 aromatic carbocycles. The zero-order valence-electron chi connectivity index (χ0n) is 18.8. The van der Waals surface area contributed by atoms with Gasteiger partial charge in [-0.25, -0.2) is 9.37 Å². The molecule has 0 saturated heterocycles. The standard InChI is InChI=1S/C27H20ClFN4O3/c28-17-9-12-21(30-15-17)32-27(36)25-23(16-6-2-1-3-7-16)24(25)26(35)31-20-11-10-18(14-19(20)29)33-13-5-4-8-22(33)34/h1-15,23-25H,(H,31,35)(H,30,32,36)/t23?,24-,25+/m1/s1. The summed E-state index contributed by atoms with van der Waals surface area (Å²) in [4.78, 5) is 42.3. The van der Waals surface area contributed by atoms with Crippen LogP contribution in [0.3, 0.4) is 0 Å². The van der Waals surface area contributed by atoms with Crippen LogP contribution in [0, 0.1) is 17.7 Å². The van der Waals surface area contributed by atoms with Gasteiger partial charge in [-0.1, -0.05) is 48.0 Å². The number of carbonyl (C=O) groups excluding carboxylic acids is 2. The van der Waals surface area contributed by atoms with Gasteiger partial charge in [0.2, 0.25) is 11.8 Å². The molecule has 0 bridgehead atoms. The molecule has 1 aliphatic carbocycles. The van der Waals surface area contributed by atoms with Crippen molar-refractivity contribution in [1.29, 1.82) is 0 Å². The zero-order chi connectivity index (χ0) is 25.2. The summed E-state index contributed by atoms with van der Waals surface area (Å²) in [6.45, 7) is 0. The predicted octanol–water partition coefficient (Wildman–Crippen LogP) is 4.63. The molecule has 1 unspecified atom stereocenters. The number of nitrogens with zero attached hydrogens (tertiary/aromatic N) is 2. The van der Waals surface area contributed by atoms with Crippen molar-refractivity contribution >= 4 is 34.9 Å². The number of carbonyl (C=O) groups is 2. The molecule has 2 heterocycles. The Morgan fingerprint density at radius 3 is 2.28 bits per heavy atom. The van der Waals surface area contributed by atoms with E-state index in [0.717, 1.165) is 5.56 Å². The second-order valence-corrected chi connectivity index (χ2v) is 8.84.